The molecule has 0 radical (unpaired) electrons. The predicted molar refractivity (Wildman–Crippen MR) is 91.8 cm³/mol. The number of nitrogens with zero attached hydrogens (tertiary/aromatic N) is 1. The van der Waals surface area contributed by atoms with Crippen molar-refractivity contribution in [3.8, 4) is 0 Å². The molecule has 0 aliphatic heterocycles. The van der Waals surface area contributed by atoms with Gasteiger partial charge in [-0.25, -0.2) is 13.1 Å². The summed E-state index contributed by atoms with van der Waals surface area (Å²) in [5.74, 6) is -0.324. The summed E-state index contributed by atoms with van der Waals surface area (Å²) >= 11 is 3.25. The molecule has 0 aliphatic carbocycles. The first-order valence-corrected chi connectivity index (χ1v) is 9.10. The quantitative estimate of drug-likeness (QED) is 0.811. The largest absolute Gasteiger partial charge is 0.322 e. The van der Waals surface area contributed by atoms with Crippen molar-refractivity contribution in [2.45, 2.75) is 24.8 Å². The van der Waals surface area contributed by atoms with Crippen LogP contribution in [0.4, 0.5) is 5.69 Å². The van der Waals surface area contributed by atoms with E-state index in [0.717, 1.165) is 0 Å². The minimum atomic E-state index is -3.54. The van der Waals surface area contributed by atoms with Crippen LogP contribution >= 0.6 is 15.9 Å². The molecule has 23 heavy (non-hydrogen) atoms. The zero-order chi connectivity index (χ0) is 17.0. The number of halogens is 1. The number of pyridine rings is 1. The Balaban J connectivity index is 2.13. The van der Waals surface area contributed by atoms with Crippen LogP contribution in [0.5, 0.6) is 0 Å². The highest BCUT2D eigenvalue weighted by Crippen LogP contribution is 2.16. The van der Waals surface area contributed by atoms with Gasteiger partial charge in [-0.2, -0.15) is 0 Å². The van der Waals surface area contributed by atoms with E-state index < -0.39 is 10.0 Å². The molecule has 2 rings (SSSR count). The van der Waals surface area contributed by atoms with Gasteiger partial charge in [0.15, 0.2) is 0 Å². The van der Waals surface area contributed by atoms with Crippen LogP contribution < -0.4 is 10.0 Å². The van der Waals surface area contributed by atoms with Gasteiger partial charge in [0.25, 0.3) is 5.91 Å². The van der Waals surface area contributed by atoms with Crippen LogP contribution in [0.2, 0.25) is 0 Å². The maximum atomic E-state index is 12.1. The molecule has 0 fully saturated rings. The molecule has 0 spiro atoms. The fraction of sp³-hybridized carbons (Fsp3) is 0.200. The Hall–Kier alpha value is -1.77. The minimum absolute atomic E-state index is 0.147. The Morgan fingerprint density at radius 1 is 1.17 bits per heavy atom. The second kappa shape index (κ2) is 7.20. The fourth-order valence-electron chi connectivity index (χ4n) is 1.84. The second-order valence-electron chi connectivity index (χ2n) is 5.15. The SMILES string of the molecule is CC(C)NS(=O)(=O)c1ccc(NC(=O)c2cncc(Br)c2)cc1. The lowest BCUT2D eigenvalue weighted by atomic mass is 10.2. The van der Waals surface area contributed by atoms with Crippen LogP contribution in [0.15, 0.2) is 52.1 Å². The lowest BCUT2D eigenvalue weighted by Gasteiger charge is -2.10. The van der Waals surface area contributed by atoms with Crippen LogP contribution in [0, 0.1) is 0 Å². The monoisotopic (exact) mass is 397 g/mol. The molecule has 1 amide bonds. The van der Waals surface area contributed by atoms with Crippen LogP contribution in [-0.4, -0.2) is 25.4 Å². The Bertz CT molecular complexity index is 805. The minimum Gasteiger partial charge on any atom is -0.322 e. The number of rotatable bonds is 5. The fourth-order valence-corrected chi connectivity index (χ4v) is 3.45. The highest BCUT2D eigenvalue weighted by Gasteiger charge is 2.15. The average Bonchev–Trinajstić information content (AvgIpc) is 2.46. The number of aromatic nitrogens is 1. The zero-order valence-corrected chi connectivity index (χ0v) is 15.0. The Morgan fingerprint density at radius 3 is 2.39 bits per heavy atom. The summed E-state index contributed by atoms with van der Waals surface area (Å²) in [5.41, 5.74) is 0.899. The number of sulfonamides is 1. The molecular weight excluding hydrogens is 382 g/mol. The standard InChI is InChI=1S/C15H16BrN3O3S/c1-10(2)19-23(21,22)14-5-3-13(4-6-14)18-15(20)11-7-12(16)9-17-8-11/h3-10,19H,1-2H3,(H,18,20). The highest BCUT2D eigenvalue weighted by atomic mass is 79.9. The number of hydrogen-bond acceptors (Lipinski definition) is 4. The average molecular weight is 398 g/mol. The first-order chi connectivity index (χ1) is 10.8. The molecule has 0 bridgehead atoms. The van der Waals surface area contributed by atoms with Crippen LogP contribution in [0.1, 0.15) is 24.2 Å². The molecule has 1 heterocycles. The van der Waals surface area contributed by atoms with Gasteiger partial charge in [-0.15, -0.1) is 0 Å². The Kier molecular flexibility index (Phi) is 5.51. The van der Waals surface area contributed by atoms with E-state index in [4.69, 9.17) is 0 Å². The van der Waals surface area contributed by atoms with Crippen molar-refractivity contribution in [2.75, 3.05) is 5.32 Å². The predicted octanol–water partition coefficient (Wildman–Crippen LogP) is 2.78. The van der Waals surface area contributed by atoms with Crippen molar-refractivity contribution in [3.05, 3.63) is 52.8 Å². The number of carbonyl (C=O) groups is 1. The molecule has 0 unspecified atom stereocenters. The third-order valence-electron chi connectivity index (χ3n) is 2.78. The van der Waals surface area contributed by atoms with Gasteiger partial charge in [-0.05, 0) is 60.1 Å². The van der Waals surface area contributed by atoms with Crippen molar-refractivity contribution in [2.24, 2.45) is 0 Å². The lowest BCUT2D eigenvalue weighted by molar-refractivity contribution is 0.102. The molecule has 1 aromatic heterocycles. The molecule has 0 atom stereocenters. The van der Waals surface area contributed by atoms with Crippen LogP contribution in [0.3, 0.4) is 0 Å². The van der Waals surface area contributed by atoms with Gasteiger partial charge in [0.05, 0.1) is 10.5 Å². The van der Waals surface area contributed by atoms with Gasteiger partial charge in [0.2, 0.25) is 10.0 Å². The Morgan fingerprint density at radius 2 is 1.83 bits per heavy atom. The number of carbonyl (C=O) groups excluding carboxylic acids is 1. The molecule has 1 aromatic carbocycles. The normalized spacial score (nSPS) is 11.5. The number of benzene rings is 1. The van der Waals surface area contributed by atoms with E-state index in [1.807, 2.05) is 0 Å². The van der Waals surface area contributed by atoms with Crippen molar-refractivity contribution in [1.29, 1.82) is 0 Å². The summed E-state index contributed by atoms with van der Waals surface area (Å²) in [7, 11) is -3.54. The van der Waals surface area contributed by atoms with E-state index in [-0.39, 0.29) is 16.8 Å². The highest BCUT2D eigenvalue weighted by molar-refractivity contribution is 9.10. The van der Waals surface area contributed by atoms with E-state index in [0.29, 0.717) is 15.7 Å². The van der Waals surface area contributed by atoms with Gasteiger partial charge < -0.3 is 5.32 Å². The summed E-state index contributed by atoms with van der Waals surface area (Å²) < 4.78 is 27.2. The number of nitrogens with one attached hydrogen (secondary N) is 2. The van der Waals surface area contributed by atoms with Crippen molar-refractivity contribution >= 4 is 37.5 Å². The molecule has 2 N–H and O–H groups in total. The van der Waals surface area contributed by atoms with Crippen LogP contribution in [0.25, 0.3) is 0 Å². The first-order valence-electron chi connectivity index (χ1n) is 6.82. The van der Waals surface area contributed by atoms with E-state index in [9.17, 15) is 13.2 Å². The molecule has 0 saturated heterocycles. The smallest absolute Gasteiger partial charge is 0.257 e. The van der Waals surface area contributed by atoms with E-state index >= 15 is 0 Å². The van der Waals surface area contributed by atoms with E-state index in [2.05, 4.69) is 31.0 Å². The summed E-state index contributed by atoms with van der Waals surface area (Å²) in [6.45, 7) is 3.50. The topological polar surface area (TPSA) is 88.2 Å². The maximum absolute atomic E-state index is 12.1. The Labute approximate surface area is 143 Å². The second-order valence-corrected chi connectivity index (χ2v) is 7.78. The summed E-state index contributed by atoms with van der Waals surface area (Å²) in [6, 6.07) is 7.42. The number of hydrogen-bond donors (Lipinski definition) is 2. The van der Waals surface area contributed by atoms with Gasteiger partial charge >= 0.3 is 0 Å². The molecule has 8 heteroatoms. The third kappa shape index (κ3) is 4.85. The first kappa shape index (κ1) is 17.6. The molecule has 122 valence electrons. The summed E-state index contributed by atoms with van der Waals surface area (Å²) in [5, 5.41) is 2.69. The number of amides is 1. The number of anilines is 1. The van der Waals surface area contributed by atoms with Crippen molar-refractivity contribution < 1.29 is 13.2 Å². The van der Waals surface area contributed by atoms with Gasteiger partial charge in [-0.3, -0.25) is 9.78 Å². The maximum Gasteiger partial charge on any atom is 0.257 e. The molecule has 0 saturated carbocycles. The summed E-state index contributed by atoms with van der Waals surface area (Å²) in [6.07, 6.45) is 3.03. The molecule has 6 nitrogen and oxygen atoms in total. The summed E-state index contributed by atoms with van der Waals surface area (Å²) in [4.78, 5) is 16.2. The molecule has 0 aliphatic rings. The van der Waals surface area contributed by atoms with Crippen molar-refractivity contribution in [3.63, 3.8) is 0 Å². The van der Waals surface area contributed by atoms with E-state index in [1.165, 1.54) is 30.5 Å². The van der Waals surface area contributed by atoms with Gasteiger partial charge in [-0.1, -0.05) is 0 Å². The lowest BCUT2D eigenvalue weighted by Crippen LogP contribution is -2.30. The van der Waals surface area contributed by atoms with E-state index in [1.54, 1.807) is 26.1 Å². The van der Waals surface area contributed by atoms with Crippen molar-refractivity contribution in [1.82, 2.24) is 9.71 Å². The van der Waals surface area contributed by atoms with Gasteiger partial charge in [0, 0.05) is 28.6 Å². The zero-order valence-electron chi connectivity index (χ0n) is 12.6. The molecular formula is C15H16BrN3O3S. The third-order valence-corrected chi connectivity index (χ3v) is 4.89. The van der Waals surface area contributed by atoms with Crippen LogP contribution in [-0.2, 0) is 10.0 Å². The van der Waals surface area contributed by atoms with Gasteiger partial charge in [0.1, 0.15) is 0 Å². The molecule has 2 aromatic rings.